The summed E-state index contributed by atoms with van der Waals surface area (Å²) in [6.07, 6.45) is 0. The van der Waals surface area contributed by atoms with Crippen LogP contribution in [0.3, 0.4) is 0 Å². The van der Waals surface area contributed by atoms with Crippen LogP contribution in [0.4, 0.5) is 0 Å². The van der Waals surface area contributed by atoms with E-state index in [1.54, 1.807) is 0 Å². The molecule has 0 amide bonds. The molecule has 5 heterocycles. The summed E-state index contributed by atoms with van der Waals surface area (Å²) >= 11 is 0. The third kappa shape index (κ3) is 4.91. The van der Waals surface area contributed by atoms with Gasteiger partial charge in [-0.25, -0.2) is 15.0 Å². The molecule has 0 bridgehead atoms. The molecule has 0 aliphatic rings. The van der Waals surface area contributed by atoms with Crippen LogP contribution in [0.1, 0.15) is 0 Å². The number of para-hydroxylation sites is 3. The lowest BCUT2D eigenvalue weighted by Crippen LogP contribution is -2.06. The van der Waals surface area contributed by atoms with Crippen LogP contribution in [-0.2, 0) is 0 Å². The monoisotopic (exact) mass is 732 g/mol. The third-order valence-corrected chi connectivity index (χ3v) is 10.7. The summed E-state index contributed by atoms with van der Waals surface area (Å²) in [6.45, 7) is 0. The highest BCUT2D eigenvalue weighted by molar-refractivity contribution is 6.13. The minimum absolute atomic E-state index is 0.539. The summed E-state index contributed by atoms with van der Waals surface area (Å²) in [5.41, 5.74) is 9.93. The Hall–Kier alpha value is -7.97. The minimum atomic E-state index is 0.539. The van der Waals surface area contributed by atoms with Crippen molar-refractivity contribution in [2.45, 2.75) is 0 Å². The highest BCUT2D eigenvalue weighted by Gasteiger charge is 2.22. The molecule has 0 aliphatic carbocycles. The molecule has 5 aromatic heterocycles. The number of furan rings is 2. The van der Waals surface area contributed by atoms with Gasteiger partial charge in [0, 0.05) is 49.2 Å². The van der Waals surface area contributed by atoms with Gasteiger partial charge in [-0.1, -0.05) is 127 Å². The van der Waals surface area contributed by atoms with Gasteiger partial charge in [0.15, 0.2) is 23.1 Å². The lowest BCUT2D eigenvalue weighted by Gasteiger charge is -2.11. The van der Waals surface area contributed by atoms with Gasteiger partial charge in [-0.2, -0.15) is 9.97 Å². The molecule has 0 unspecified atom stereocenters. The summed E-state index contributed by atoms with van der Waals surface area (Å²) in [5.74, 6) is 2.25. The standard InChI is InChI=1S/C49H28N6O2/c1-3-14-29(15-4-1)43-45-44(35-20-9-12-24-39(35)57-45)51-47(50-43)31-26-27-34-41(28-31)56-40-25-13-21-36(42(34)40)48-52-46(30-16-5-2-6-17-30)53-49(54-48)55-37-22-10-7-18-32(37)33-19-8-11-23-38(33)55/h1-28H. The molecule has 0 atom stereocenters. The smallest absolute Gasteiger partial charge is 0.238 e. The fraction of sp³-hybridized carbons (Fsp3) is 0. The van der Waals surface area contributed by atoms with E-state index in [1.165, 1.54) is 0 Å². The molecule has 12 aromatic rings. The van der Waals surface area contributed by atoms with Crippen LogP contribution in [0.15, 0.2) is 179 Å². The maximum atomic E-state index is 6.62. The van der Waals surface area contributed by atoms with Gasteiger partial charge in [-0.05, 0) is 42.5 Å². The first-order valence-corrected chi connectivity index (χ1v) is 18.8. The number of fused-ring (bicyclic) bond motifs is 9. The predicted molar refractivity (Wildman–Crippen MR) is 226 cm³/mol. The zero-order valence-electron chi connectivity index (χ0n) is 30.2. The van der Waals surface area contributed by atoms with Gasteiger partial charge < -0.3 is 8.83 Å². The molecular formula is C49H28N6O2. The first-order valence-electron chi connectivity index (χ1n) is 18.8. The van der Waals surface area contributed by atoms with Crippen LogP contribution in [0.25, 0.3) is 117 Å². The maximum Gasteiger partial charge on any atom is 0.238 e. The molecule has 0 aliphatic heterocycles. The topological polar surface area (TPSA) is 95.7 Å². The van der Waals surface area contributed by atoms with Crippen molar-refractivity contribution in [3.63, 3.8) is 0 Å². The molecule has 8 nitrogen and oxygen atoms in total. The maximum absolute atomic E-state index is 6.62. The predicted octanol–water partition coefficient (Wildman–Crippen LogP) is 12.2. The van der Waals surface area contributed by atoms with Crippen molar-refractivity contribution in [1.29, 1.82) is 0 Å². The molecule has 8 heteroatoms. The number of rotatable bonds is 5. The van der Waals surface area contributed by atoms with Gasteiger partial charge in [0.25, 0.3) is 0 Å². The summed E-state index contributed by atoms with van der Waals surface area (Å²) in [4.78, 5) is 25.7. The van der Waals surface area contributed by atoms with Gasteiger partial charge in [0.2, 0.25) is 5.95 Å². The highest BCUT2D eigenvalue weighted by atomic mass is 16.3. The van der Waals surface area contributed by atoms with Crippen LogP contribution in [0.5, 0.6) is 0 Å². The molecule has 0 saturated carbocycles. The van der Waals surface area contributed by atoms with E-state index < -0.39 is 0 Å². The lowest BCUT2D eigenvalue weighted by atomic mass is 10.0. The molecular weight excluding hydrogens is 705 g/mol. The fourth-order valence-corrected chi connectivity index (χ4v) is 8.10. The van der Waals surface area contributed by atoms with E-state index in [4.69, 9.17) is 33.8 Å². The van der Waals surface area contributed by atoms with Crippen molar-refractivity contribution < 1.29 is 8.83 Å². The molecule has 57 heavy (non-hydrogen) atoms. The Morgan fingerprint density at radius 1 is 0.386 bits per heavy atom. The third-order valence-electron chi connectivity index (χ3n) is 10.7. The average molecular weight is 733 g/mol. The highest BCUT2D eigenvalue weighted by Crippen LogP contribution is 2.40. The Balaban J connectivity index is 1.06. The van der Waals surface area contributed by atoms with E-state index in [1.807, 2.05) is 115 Å². The number of hydrogen-bond acceptors (Lipinski definition) is 7. The van der Waals surface area contributed by atoms with Crippen molar-refractivity contribution in [3.05, 3.63) is 170 Å². The number of benzene rings is 7. The molecule has 7 aromatic carbocycles. The molecule has 0 fully saturated rings. The van der Waals surface area contributed by atoms with Crippen molar-refractivity contribution in [2.24, 2.45) is 0 Å². The van der Waals surface area contributed by atoms with Crippen LogP contribution >= 0.6 is 0 Å². The van der Waals surface area contributed by atoms with E-state index >= 15 is 0 Å². The van der Waals surface area contributed by atoms with Gasteiger partial charge in [-0.15, -0.1) is 0 Å². The van der Waals surface area contributed by atoms with E-state index in [9.17, 15) is 0 Å². The first kappa shape index (κ1) is 31.4. The van der Waals surface area contributed by atoms with Crippen molar-refractivity contribution in [3.8, 4) is 51.4 Å². The van der Waals surface area contributed by atoms with E-state index in [2.05, 4.69) is 59.2 Å². The summed E-state index contributed by atoms with van der Waals surface area (Å²) < 4.78 is 15.1. The normalized spacial score (nSPS) is 11.9. The van der Waals surface area contributed by atoms with Gasteiger partial charge in [0.05, 0.1) is 11.0 Å². The van der Waals surface area contributed by atoms with Crippen molar-refractivity contribution >= 4 is 65.8 Å². The largest absolute Gasteiger partial charge is 0.456 e. The Morgan fingerprint density at radius 2 is 1.02 bits per heavy atom. The van der Waals surface area contributed by atoms with Gasteiger partial charge >= 0.3 is 0 Å². The molecule has 12 rings (SSSR count). The van der Waals surface area contributed by atoms with Crippen LogP contribution in [0, 0.1) is 0 Å². The second-order valence-corrected chi connectivity index (χ2v) is 14.0. The van der Waals surface area contributed by atoms with Crippen LogP contribution < -0.4 is 0 Å². The minimum Gasteiger partial charge on any atom is -0.456 e. The Labute approximate surface area is 324 Å². The van der Waals surface area contributed by atoms with Crippen molar-refractivity contribution in [2.75, 3.05) is 0 Å². The van der Waals surface area contributed by atoms with Gasteiger partial charge in [-0.3, -0.25) is 4.57 Å². The lowest BCUT2D eigenvalue weighted by molar-refractivity contribution is 0.667. The fourth-order valence-electron chi connectivity index (χ4n) is 8.10. The summed E-state index contributed by atoms with van der Waals surface area (Å²) in [5, 5.41) is 5.06. The molecule has 266 valence electrons. The quantitative estimate of drug-likeness (QED) is 0.174. The number of hydrogen-bond donors (Lipinski definition) is 0. The van der Waals surface area contributed by atoms with E-state index in [0.29, 0.717) is 34.6 Å². The van der Waals surface area contributed by atoms with E-state index in [0.717, 1.165) is 82.6 Å². The molecule has 0 saturated heterocycles. The summed E-state index contributed by atoms with van der Waals surface area (Å²) in [7, 11) is 0. The number of nitrogens with zero attached hydrogens (tertiary/aromatic N) is 6. The SMILES string of the molecule is c1ccc(-c2nc(-c3cccc4oc5cc(-c6nc(-c7ccccc7)c7oc8ccccc8c7n6)ccc5c34)nc(-n3c4ccccc4c4ccccc43)n2)cc1. The molecule has 0 spiro atoms. The zero-order valence-corrected chi connectivity index (χ0v) is 30.2. The zero-order chi connectivity index (χ0) is 37.5. The Morgan fingerprint density at radius 3 is 1.79 bits per heavy atom. The molecule has 0 N–H and O–H groups in total. The van der Waals surface area contributed by atoms with E-state index in [-0.39, 0.29) is 0 Å². The van der Waals surface area contributed by atoms with Crippen molar-refractivity contribution in [1.82, 2.24) is 29.5 Å². The Kier molecular flexibility index (Phi) is 6.76. The van der Waals surface area contributed by atoms with Crippen LogP contribution in [0.2, 0.25) is 0 Å². The van der Waals surface area contributed by atoms with Gasteiger partial charge in [0.1, 0.15) is 28.0 Å². The Bertz CT molecular complexity index is 3480. The summed E-state index contributed by atoms with van der Waals surface area (Å²) in [6, 6.07) is 57.0. The molecule has 0 radical (unpaired) electrons. The second-order valence-electron chi connectivity index (χ2n) is 14.0. The average Bonchev–Trinajstić information content (AvgIpc) is 3.96. The first-order chi connectivity index (χ1) is 28.2. The van der Waals surface area contributed by atoms with Crippen LogP contribution in [-0.4, -0.2) is 29.5 Å². The number of aromatic nitrogens is 6. The second kappa shape index (κ2) is 12.3.